The summed E-state index contributed by atoms with van der Waals surface area (Å²) in [5, 5.41) is 0. The van der Waals surface area contributed by atoms with Crippen molar-refractivity contribution < 1.29 is 4.74 Å². The van der Waals surface area contributed by atoms with E-state index < -0.39 is 0 Å². The van der Waals surface area contributed by atoms with Crippen LogP contribution in [0.1, 0.15) is 5.56 Å². The van der Waals surface area contributed by atoms with Crippen molar-refractivity contribution in [2.75, 3.05) is 5.73 Å². The average Bonchev–Trinajstić information content (AvgIpc) is 2.32. The van der Waals surface area contributed by atoms with E-state index in [4.69, 9.17) is 10.5 Å². The third-order valence-electron chi connectivity index (χ3n) is 2.21. The number of ether oxygens (including phenoxy) is 1. The quantitative estimate of drug-likeness (QED) is 0.870. The average molecular weight is 278 g/mol. The predicted octanol–water partition coefficient (Wildman–Crippen LogP) is 3.61. The topological polar surface area (TPSA) is 35.2 Å². The van der Waals surface area contributed by atoms with E-state index in [0.29, 0.717) is 18.0 Å². The molecule has 0 heterocycles. The second-order valence-corrected chi connectivity index (χ2v) is 4.37. The molecule has 16 heavy (non-hydrogen) atoms. The maximum Gasteiger partial charge on any atom is 0.143 e. The summed E-state index contributed by atoms with van der Waals surface area (Å²) in [5.41, 5.74) is 7.59. The first-order valence-corrected chi connectivity index (χ1v) is 5.77. The van der Waals surface area contributed by atoms with E-state index in [1.807, 2.05) is 48.5 Å². The van der Waals surface area contributed by atoms with Crippen LogP contribution in [0.3, 0.4) is 0 Å². The lowest BCUT2D eigenvalue weighted by Crippen LogP contribution is -1.98. The lowest BCUT2D eigenvalue weighted by Gasteiger charge is -2.09. The summed E-state index contributed by atoms with van der Waals surface area (Å²) in [7, 11) is 0. The molecular formula is C13H12BrNO. The number of hydrogen-bond acceptors (Lipinski definition) is 2. The second-order valence-electron chi connectivity index (χ2n) is 3.46. The standard InChI is InChI=1S/C13H12BrNO/c14-11-6-7-12(15)13(8-11)16-9-10-4-2-1-3-5-10/h1-8H,9,15H2. The van der Waals surface area contributed by atoms with Gasteiger partial charge in [0, 0.05) is 4.47 Å². The zero-order chi connectivity index (χ0) is 11.4. The van der Waals surface area contributed by atoms with Gasteiger partial charge in [-0.1, -0.05) is 46.3 Å². The van der Waals surface area contributed by atoms with Crippen LogP contribution in [0.2, 0.25) is 0 Å². The van der Waals surface area contributed by atoms with Crippen LogP contribution in [-0.4, -0.2) is 0 Å². The normalized spacial score (nSPS) is 10.1. The Morgan fingerprint density at radius 1 is 1.06 bits per heavy atom. The van der Waals surface area contributed by atoms with Gasteiger partial charge in [-0.3, -0.25) is 0 Å². The van der Waals surface area contributed by atoms with Crippen LogP contribution in [0.25, 0.3) is 0 Å². The largest absolute Gasteiger partial charge is 0.487 e. The van der Waals surface area contributed by atoms with Gasteiger partial charge >= 0.3 is 0 Å². The van der Waals surface area contributed by atoms with Crippen molar-refractivity contribution in [2.45, 2.75) is 6.61 Å². The first kappa shape index (κ1) is 11.0. The van der Waals surface area contributed by atoms with E-state index in [-0.39, 0.29) is 0 Å². The molecular weight excluding hydrogens is 266 g/mol. The predicted molar refractivity (Wildman–Crippen MR) is 69.3 cm³/mol. The van der Waals surface area contributed by atoms with E-state index in [1.54, 1.807) is 0 Å². The van der Waals surface area contributed by atoms with Gasteiger partial charge in [-0.2, -0.15) is 0 Å². The van der Waals surface area contributed by atoms with Crippen LogP contribution < -0.4 is 10.5 Å². The first-order chi connectivity index (χ1) is 7.75. The molecule has 3 heteroatoms. The number of rotatable bonds is 3. The molecule has 0 radical (unpaired) electrons. The molecule has 2 N–H and O–H groups in total. The van der Waals surface area contributed by atoms with Crippen molar-refractivity contribution >= 4 is 21.6 Å². The summed E-state index contributed by atoms with van der Waals surface area (Å²) < 4.78 is 6.61. The summed E-state index contributed by atoms with van der Waals surface area (Å²) in [6.07, 6.45) is 0. The molecule has 0 atom stereocenters. The van der Waals surface area contributed by atoms with Crippen molar-refractivity contribution in [1.29, 1.82) is 0 Å². The maximum absolute atomic E-state index is 5.81. The SMILES string of the molecule is Nc1ccc(Br)cc1OCc1ccccc1. The van der Waals surface area contributed by atoms with Crippen LogP contribution in [-0.2, 0) is 6.61 Å². The number of hydrogen-bond donors (Lipinski definition) is 1. The highest BCUT2D eigenvalue weighted by Gasteiger charge is 2.01. The molecule has 0 fully saturated rings. The molecule has 0 aliphatic rings. The Balaban J connectivity index is 2.08. The van der Waals surface area contributed by atoms with E-state index >= 15 is 0 Å². The summed E-state index contributed by atoms with van der Waals surface area (Å²) in [5.74, 6) is 0.707. The highest BCUT2D eigenvalue weighted by Crippen LogP contribution is 2.26. The molecule has 0 saturated carbocycles. The van der Waals surface area contributed by atoms with Gasteiger partial charge in [0.05, 0.1) is 5.69 Å². The minimum Gasteiger partial charge on any atom is -0.487 e. The van der Waals surface area contributed by atoms with Crippen molar-refractivity contribution in [3.63, 3.8) is 0 Å². The molecule has 0 amide bonds. The van der Waals surface area contributed by atoms with E-state index in [9.17, 15) is 0 Å². The van der Waals surface area contributed by atoms with Crippen molar-refractivity contribution in [3.8, 4) is 5.75 Å². The van der Waals surface area contributed by atoms with Gasteiger partial charge in [0.1, 0.15) is 12.4 Å². The van der Waals surface area contributed by atoms with Crippen LogP contribution in [0.5, 0.6) is 5.75 Å². The van der Waals surface area contributed by atoms with E-state index in [2.05, 4.69) is 15.9 Å². The van der Waals surface area contributed by atoms with Crippen LogP contribution >= 0.6 is 15.9 Å². The molecule has 0 unspecified atom stereocenters. The molecule has 2 aromatic carbocycles. The van der Waals surface area contributed by atoms with E-state index in [1.165, 1.54) is 0 Å². The summed E-state index contributed by atoms with van der Waals surface area (Å²) in [6.45, 7) is 0.529. The molecule has 2 nitrogen and oxygen atoms in total. The number of halogens is 1. The molecule has 0 aliphatic carbocycles. The minimum atomic E-state index is 0.529. The van der Waals surface area contributed by atoms with Crippen molar-refractivity contribution in [2.24, 2.45) is 0 Å². The van der Waals surface area contributed by atoms with Crippen LogP contribution in [0.4, 0.5) is 5.69 Å². The minimum absolute atomic E-state index is 0.529. The van der Waals surface area contributed by atoms with Gasteiger partial charge in [-0.25, -0.2) is 0 Å². The van der Waals surface area contributed by atoms with Crippen LogP contribution in [0, 0.1) is 0 Å². The lowest BCUT2D eigenvalue weighted by molar-refractivity contribution is 0.308. The number of anilines is 1. The summed E-state index contributed by atoms with van der Waals surface area (Å²) in [6, 6.07) is 15.6. The zero-order valence-corrected chi connectivity index (χ0v) is 10.3. The number of nitrogens with two attached hydrogens (primary N) is 1. The molecule has 0 aromatic heterocycles. The molecule has 0 aliphatic heterocycles. The third-order valence-corrected chi connectivity index (χ3v) is 2.71. The molecule has 2 rings (SSSR count). The highest BCUT2D eigenvalue weighted by atomic mass is 79.9. The van der Waals surface area contributed by atoms with Crippen molar-refractivity contribution in [1.82, 2.24) is 0 Å². The van der Waals surface area contributed by atoms with Gasteiger partial charge in [0.25, 0.3) is 0 Å². The third kappa shape index (κ3) is 2.76. The fourth-order valence-electron chi connectivity index (χ4n) is 1.37. The summed E-state index contributed by atoms with van der Waals surface area (Å²) in [4.78, 5) is 0. The number of benzene rings is 2. The van der Waals surface area contributed by atoms with Gasteiger partial charge in [0.2, 0.25) is 0 Å². The lowest BCUT2D eigenvalue weighted by atomic mass is 10.2. The van der Waals surface area contributed by atoms with E-state index in [0.717, 1.165) is 10.0 Å². The van der Waals surface area contributed by atoms with Gasteiger partial charge in [0.15, 0.2) is 0 Å². The Morgan fingerprint density at radius 3 is 2.56 bits per heavy atom. The fraction of sp³-hybridized carbons (Fsp3) is 0.0769. The monoisotopic (exact) mass is 277 g/mol. The first-order valence-electron chi connectivity index (χ1n) is 4.97. The Morgan fingerprint density at radius 2 is 1.81 bits per heavy atom. The molecule has 0 saturated heterocycles. The highest BCUT2D eigenvalue weighted by molar-refractivity contribution is 9.10. The second kappa shape index (κ2) is 5.03. The smallest absolute Gasteiger partial charge is 0.143 e. The molecule has 2 aromatic rings. The Labute approximate surface area is 103 Å². The fourth-order valence-corrected chi connectivity index (χ4v) is 1.71. The zero-order valence-electron chi connectivity index (χ0n) is 8.69. The molecule has 0 bridgehead atoms. The van der Waals surface area contributed by atoms with Gasteiger partial charge in [-0.05, 0) is 23.8 Å². The van der Waals surface area contributed by atoms with Crippen molar-refractivity contribution in [3.05, 3.63) is 58.6 Å². The maximum atomic E-state index is 5.81. The molecule has 0 spiro atoms. The summed E-state index contributed by atoms with van der Waals surface area (Å²) >= 11 is 3.39. The Bertz CT molecular complexity index is 471. The Hall–Kier alpha value is -1.48. The van der Waals surface area contributed by atoms with Gasteiger partial charge in [-0.15, -0.1) is 0 Å². The molecule has 82 valence electrons. The Kier molecular flexibility index (Phi) is 3.47. The van der Waals surface area contributed by atoms with Gasteiger partial charge < -0.3 is 10.5 Å². The number of nitrogen functional groups attached to an aromatic ring is 1. The van der Waals surface area contributed by atoms with Crippen LogP contribution in [0.15, 0.2) is 53.0 Å².